The summed E-state index contributed by atoms with van der Waals surface area (Å²) in [6.45, 7) is 7.44. The van der Waals surface area contributed by atoms with Crippen LogP contribution in [0.1, 0.15) is 25.0 Å². The zero-order chi connectivity index (χ0) is 8.97. The van der Waals surface area contributed by atoms with Crippen molar-refractivity contribution in [3.05, 3.63) is 29.3 Å². The number of hydrogen-bond acceptors (Lipinski definition) is 1. The minimum atomic E-state index is 0.993. The Balaban J connectivity index is 2.90. The first-order chi connectivity index (χ1) is 5.76. The van der Waals surface area contributed by atoms with Crippen molar-refractivity contribution in [1.29, 1.82) is 0 Å². The molecule has 0 bridgehead atoms. The van der Waals surface area contributed by atoms with Gasteiger partial charge >= 0.3 is 0 Å². The smallest absolute Gasteiger partial charge is 0.0345 e. The van der Waals surface area contributed by atoms with Gasteiger partial charge in [-0.2, -0.15) is 0 Å². The van der Waals surface area contributed by atoms with Crippen LogP contribution in [0.15, 0.2) is 18.2 Å². The number of anilines is 1. The van der Waals surface area contributed by atoms with Crippen LogP contribution in [0.2, 0.25) is 0 Å². The largest absolute Gasteiger partial charge is 0.385 e. The van der Waals surface area contributed by atoms with E-state index >= 15 is 0 Å². The van der Waals surface area contributed by atoms with Gasteiger partial charge in [-0.3, -0.25) is 0 Å². The minimum absolute atomic E-state index is 0.993. The van der Waals surface area contributed by atoms with Crippen molar-refractivity contribution < 1.29 is 0 Å². The topological polar surface area (TPSA) is 12.0 Å². The number of nitrogens with one attached hydrogen (secondary N) is 1. The highest BCUT2D eigenvalue weighted by Crippen LogP contribution is 2.14. The van der Waals surface area contributed by atoms with Gasteiger partial charge in [0.2, 0.25) is 0 Å². The van der Waals surface area contributed by atoms with Crippen molar-refractivity contribution in [3.8, 4) is 0 Å². The van der Waals surface area contributed by atoms with Gasteiger partial charge in [-0.15, -0.1) is 0 Å². The van der Waals surface area contributed by atoms with Crippen molar-refractivity contribution in [2.45, 2.75) is 27.2 Å². The van der Waals surface area contributed by atoms with Crippen LogP contribution < -0.4 is 5.32 Å². The standard InChI is InChI=1S/C11H17N/c1-4-10-6-9(3)7-11(8-10)12-5-2/h6-8,12H,4-5H2,1-3H3. The molecule has 0 spiro atoms. The van der Waals surface area contributed by atoms with E-state index in [0.29, 0.717) is 0 Å². The molecule has 1 aromatic carbocycles. The second kappa shape index (κ2) is 4.15. The Morgan fingerprint density at radius 1 is 1.17 bits per heavy atom. The lowest BCUT2D eigenvalue weighted by Gasteiger charge is -2.06. The lowest BCUT2D eigenvalue weighted by Crippen LogP contribution is -1.97. The van der Waals surface area contributed by atoms with Crippen molar-refractivity contribution in [1.82, 2.24) is 0 Å². The zero-order valence-corrected chi connectivity index (χ0v) is 8.15. The summed E-state index contributed by atoms with van der Waals surface area (Å²) >= 11 is 0. The highest BCUT2D eigenvalue weighted by molar-refractivity contribution is 5.48. The SMILES string of the molecule is CCNc1cc(C)cc(CC)c1. The first-order valence-corrected chi connectivity index (χ1v) is 4.60. The van der Waals surface area contributed by atoms with Crippen molar-refractivity contribution in [2.75, 3.05) is 11.9 Å². The van der Waals surface area contributed by atoms with Crippen LogP contribution >= 0.6 is 0 Å². The van der Waals surface area contributed by atoms with E-state index in [4.69, 9.17) is 0 Å². The first kappa shape index (κ1) is 9.11. The second-order valence-corrected chi connectivity index (χ2v) is 3.09. The molecule has 0 saturated heterocycles. The lowest BCUT2D eigenvalue weighted by molar-refractivity contribution is 1.12. The predicted molar refractivity (Wildman–Crippen MR) is 54.7 cm³/mol. The van der Waals surface area contributed by atoms with Gasteiger partial charge in [0.15, 0.2) is 0 Å². The number of rotatable bonds is 3. The van der Waals surface area contributed by atoms with E-state index in [9.17, 15) is 0 Å². The van der Waals surface area contributed by atoms with Gasteiger partial charge in [0.05, 0.1) is 0 Å². The fourth-order valence-electron chi connectivity index (χ4n) is 1.37. The third kappa shape index (κ3) is 2.26. The molecular weight excluding hydrogens is 146 g/mol. The van der Waals surface area contributed by atoms with Crippen molar-refractivity contribution in [2.24, 2.45) is 0 Å². The molecule has 0 amide bonds. The minimum Gasteiger partial charge on any atom is -0.385 e. The van der Waals surface area contributed by atoms with Crippen LogP contribution in [0.4, 0.5) is 5.69 Å². The third-order valence-electron chi connectivity index (χ3n) is 1.93. The van der Waals surface area contributed by atoms with Gasteiger partial charge in [-0.05, 0) is 43.5 Å². The van der Waals surface area contributed by atoms with E-state index in [1.807, 2.05) is 0 Å². The molecule has 1 rings (SSSR count). The number of benzene rings is 1. The van der Waals surface area contributed by atoms with Gasteiger partial charge in [0.1, 0.15) is 0 Å². The number of hydrogen-bond donors (Lipinski definition) is 1. The summed E-state index contributed by atoms with van der Waals surface area (Å²) in [6.07, 6.45) is 1.11. The van der Waals surface area contributed by atoms with E-state index in [1.165, 1.54) is 16.8 Å². The van der Waals surface area contributed by atoms with E-state index in [1.54, 1.807) is 0 Å². The average molecular weight is 163 g/mol. The first-order valence-electron chi connectivity index (χ1n) is 4.60. The maximum Gasteiger partial charge on any atom is 0.0345 e. The molecule has 0 atom stereocenters. The summed E-state index contributed by atoms with van der Waals surface area (Å²) in [5.41, 5.74) is 3.99. The Hall–Kier alpha value is -0.980. The molecule has 0 aliphatic heterocycles. The molecule has 0 unspecified atom stereocenters. The van der Waals surface area contributed by atoms with E-state index in [0.717, 1.165) is 13.0 Å². The highest BCUT2D eigenvalue weighted by Gasteiger charge is 1.94. The highest BCUT2D eigenvalue weighted by atomic mass is 14.8. The summed E-state index contributed by atoms with van der Waals surface area (Å²) in [7, 11) is 0. The maximum atomic E-state index is 3.32. The van der Waals surface area contributed by atoms with Gasteiger partial charge in [0, 0.05) is 12.2 Å². The van der Waals surface area contributed by atoms with Crippen LogP contribution in [-0.2, 0) is 6.42 Å². The summed E-state index contributed by atoms with van der Waals surface area (Å²) in [5, 5.41) is 3.32. The van der Waals surface area contributed by atoms with Crippen LogP contribution in [0, 0.1) is 6.92 Å². The van der Waals surface area contributed by atoms with E-state index in [-0.39, 0.29) is 0 Å². The van der Waals surface area contributed by atoms with Crippen LogP contribution in [0.3, 0.4) is 0 Å². The van der Waals surface area contributed by atoms with Crippen molar-refractivity contribution >= 4 is 5.69 Å². The van der Waals surface area contributed by atoms with Crippen LogP contribution in [0.5, 0.6) is 0 Å². The Labute approximate surface area is 74.8 Å². The van der Waals surface area contributed by atoms with Gasteiger partial charge in [0.25, 0.3) is 0 Å². The predicted octanol–water partition coefficient (Wildman–Crippen LogP) is 2.99. The van der Waals surface area contributed by atoms with Crippen LogP contribution in [0.25, 0.3) is 0 Å². The molecular formula is C11H17N. The van der Waals surface area contributed by atoms with Crippen molar-refractivity contribution in [3.63, 3.8) is 0 Å². The summed E-state index contributed by atoms with van der Waals surface area (Å²) in [6, 6.07) is 6.64. The van der Waals surface area contributed by atoms with Gasteiger partial charge in [-0.25, -0.2) is 0 Å². The maximum absolute atomic E-state index is 3.32. The molecule has 0 aliphatic carbocycles. The molecule has 1 nitrogen and oxygen atoms in total. The van der Waals surface area contributed by atoms with Gasteiger partial charge < -0.3 is 5.32 Å². The second-order valence-electron chi connectivity index (χ2n) is 3.09. The molecule has 66 valence electrons. The molecule has 0 fully saturated rings. The molecule has 1 aromatic rings. The molecule has 0 radical (unpaired) electrons. The molecule has 1 N–H and O–H groups in total. The summed E-state index contributed by atoms with van der Waals surface area (Å²) < 4.78 is 0. The molecule has 0 aromatic heterocycles. The molecule has 12 heavy (non-hydrogen) atoms. The van der Waals surface area contributed by atoms with E-state index < -0.39 is 0 Å². The zero-order valence-electron chi connectivity index (χ0n) is 8.15. The average Bonchev–Trinajstić information content (AvgIpc) is 2.04. The van der Waals surface area contributed by atoms with E-state index in [2.05, 4.69) is 44.3 Å². The quantitative estimate of drug-likeness (QED) is 0.722. The normalized spacial score (nSPS) is 9.92. The number of aryl methyl sites for hydroxylation is 2. The monoisotopic (exact) mass is 163 g/mol. The summed E-state index contributed by atoms with van der Waals surface area (Å²) in [5.74, 6) is 0. The Morgan fingerprint density at radius 3 is 2.50 bits per heavy atom. The third-order valence-corrected chi connectivity index (χ3v) is 1.93. The summed E-state index contributed by atoms with van der Waals surface area (Å²) in [4.78, 5) is 0. The Bertz CT molecular complexity index is 253. The molecule has 0 aliphatic rings. The Kier molecular flexibility index (Phi) is 3.15. The lowest BCUT2D eigenvalue weighted by atomic mass is 10.1. The fraction of sp³-hybridized carbons (Fsp3) is 0.455. The van der Waals surface area contributed by atoms with Gasteiger partial charge in [-0.1, -0.05) is 13.0 Å². The Morgan fingerprint density at radius 2 is 1.92 bits per heavy atom. The van der Waals surface area contributed by atoms with Crippen LogP contribution in [-0.4, -0.2) is 6.54 Å². The fourth-order valence-corrected chi connectivity index (χ4v) is 1.37. The molecule has 0 saturated carbocycles. The molecule has 0 heterocycles. The molecule has 1 heteroatoms.